The average molecular weight is 333 g/mol. The SMILES string of the molecule is O=C(NCc1cncs1)c1c(F)cc(Br)cc1F. The van der Waals surface area contributed by atoms with Gasteiger partial charge in [-0.25, -0.2) is 8.78 Å². The molecule has 0 aliphatic carbocycles. The number of hydrogen-bond acceptors (Lipinski definition) is 3. The Hall–Kier alpha value is -1.34. The summed E-state index contributed by atoms with van der Waals surface area (Å²) in [5, 5.41) is 2.44. The van der Waals surface area contributed by atoms with E-state index in [0.29, 0.717) is 0 Å². The maximum Gasteiger partial charge on any atom is 0.257 e. The standard InChI is InChI=1S/C11H7BrF2N2OS/c12-6-1-8(13)10(9(14)2-6)11(17)16-4-7-3-15-5-18-7/h1-3,5H,4H2,(H,16,17). The maximum absolute atomic E-state index is 13.5. The minimum atomic E-state index is -0.899. The van der Waals surface area contributed by atoms with Gasteiger partial charge in [0.1, 0.15) is 17.2 Å². The molecule has 0 spiro atoms. The molecule has 0 atom stereocenters. The maximum atomic E-state index is 13.5. The van der Waals surface area contributed by atoms with Crippen molar-refractivity contribution in [3.63, 3.8) is 0 Å². The first-order valence-electron chi connectivity index (χ1n) is 4.88. The van der Waals surface area contributed by atoms with Crippen molar-refractivity contribution < 1.29 is 13.6 Å². The van der Waals surface area contributed by atoms with Crippen molar-refractivity contribution in [3.05, 3.63) is 50.4 Å². The number of aromatic nitrogens is 1. The van der Waals surface area contributed by atoms with Crippen molar-refractivity contribution in [3.8, 4) is 0 Å². The predicted octanol–water partition coefficient (Wildman–Crippen LogP) is 3.11. The Kier molecular flexibility index (Phi) is 4.03. The van der Waals surface area contributed by atoms with Gasteiger partial charge in [0.25, 0.3) is 5.91 Å². The van der Waals surface area contributed by atoms with Gasteiger partial charge >= 0.3 is 0 Å². The molecule has 1 aromatic heterocycles. The molecule has 7 heteroatoms. The number of rotatable bonds is 3. The molecule has 1 aromatic carbocycles. The van der Waals surface area contributed by atoms with E-state index in [1.807, 2.05) is 0 Å². The molecule has 3 nitrogen and oxygen atoms in total. The molecule has 1 amide bonds. The number of thiazole rings is 1. The summed E-state index contributed by atoms with van der Waals surface area (Å²) in [6, 6.07) is 2.09. The molecule has 1 heterocycles. The summed E-state index contributed by atoms with van der Waals surface area (Å²) in [6.07, 6.45) is 1.58. The average Bonchev–Trinajstić information content (AvgIpc) is 2.77. The fourth-order valence-electron chi connectivity index (χ4n) is 1.34. The van der Waals surface area contributed by atoms with Crippen LogP contribution in [0, 0.1) is 11.6 Å². The number of nitrogens with one attached hydrogen (secondary N) is 1. The van der Waals surface area contributed by atoms with E-state index in [9.17, 15) is 13.6 Å². The fraction of sp³-hybridized carbons (Fsp3) is 0.0909. The van der Waals surface area contributed by atoms with Gasteiger partial charge in [0.15, 0.2) is 0 Å². The number of nitrogens with zero attached hydrogens (tertiary/aromatic N) is 1. The van der Waals surface area contributed by atoms with E-state index < -0.39 is 23.1 Å². The topological polar surface area (TPSA) is 42.0 Å². The van der Waals surface area contributed by atoms with E-state index in [1.165, 1.54) is 11.3 Å². The Bertz CT molecular complexity index is 551. The van der Waals surface area contributed by atoms with Gasteiger partial charge in [-0.05, 0) is 12.1 Å². The molecule has 0 unspecified atom stereocenters. The summed E-state index contributed by atoms with van der Waals surface area (Å²) in [5.74, 6) is -2.58. The third kappa shape index (κ3) is 2.91. The number of carbonyl (C=O) groups is 1. The molecule has 0 radical (unpaired) electrons. The molecule has 0 saturated carbocycles. The quantitative estimate of drug-likeness (QED) is 0.938. The number of amides is 1. The minimum absolute atomic E-state index is 0.193. The van der Waals surface area contributed by atoms with Crippen LogP contribution in [0.15, 0.2) is 28.3 Å². The molecule has 0 bridgehead atoms. The van der Waals surface area contributed by atoms with Crippen LogP contribution in [0.3, 0.4) is 0 Å². The van der Waals surface area contributed by atoms with Crippen LogP contribution < -0.4 is 5.32 Å². The van der Waals surface area contributed by atoms with Gasteiger partial charge in [-0.1, -0.05) is 15.9 Å². The lowest BCUT2D eigenvalue weighted by Crippen LogP contribution is -2.24. The lowest BCUT2D eigenvalue weighted by molar-refractivity contribution is 0.0943. The first-order chi connectivity index (χ1) is 8.58. The Labute approximate surface area is 114 Å². The van der Waals surface area contributed by atoms with Gasteiger partial charge in [-0.2, -0.15) is 0 Å². The van der Waals surface area contributed by atoms with E-state index in [-0.39, 0.29) is 11.0 Å². The Balaban J connectivity index is 2.14. The normalized spacial score (nSPS) is 10.4. The monoisotopic (exact) mass is 332 g/mol. The molecule has 1 N–H and O–H groups in total. The van der Waals surface area contributed by atoms with Crippen LogP contribution in [0.25, 0.3) is 0 Å². The summed E-state index contributed by atoms with van der Waals surface area (Å²) in [4.78, 5) is 16.3. The van der Waals surface area contributed by atoms with Crippen molar-refractivity contribution in [2.75, 3.05) is 0 Å². The number of halogens is 3. The number of benzene rings is 1. The second-order valence-corrected chi connectivity index (χ2v) is 5.28. The molecule has 0 aliphatic heterocycles. The largest absolute Gasteiger partial charge is 0.347 e. The van der Waals surface area contributed by atoms with Crippen LogP contribution in [0.1, 0.15) is 15.2 Å². The Morgan fingerprint density at radius 1 is 1.39 bits per heavy atom. The molecule has 0 saturated heterocycles. The zero-order chi connectivity index (χ0) is 13.1. The third-order valence-electron chi connectivity index (χ3n) is 2.14. The molecular formula is C11H7BrF2N2OS. The summed E-state index contributed by atoms with van der Waals surface area (Å²) >= 11 is 4.30. The Morgan fingerprint density at radius 3 is 2.61 bits per heavy atom. The highest BCUT2D eigenvalue weighted by Crippen LogP contribution is 2.19. The summed E-state index contributed by atoms with van der Waals surface area (Å²) in [7, 11) is 0. The molecule has 0 aliphatic rings. The van der Waals surface area contributed by atoms with E-state index in [4.69, 9.17) is 0 Å². The van der Waals surface area contributed by atoms with Crippen molar-refractivity contribution in [1.29, 1.82) is 0 Å². The number of hydrogen-bond donors (Lipinski definition) is 1. The molecular weight excluding hydrogens is 326 g/mol. The molecule has 94 valence electrons. The van der Waals surface area contributed by atoms with Gasteiger partial charge in [0, 0.05) is 15.5 Å². The van der Waals surface area contributed by atoms with E-state index in [2.05, 4.69) is 26.2 Å². The molecule has 18 heavy (non-hydrogen) atoms. The van der Waals surface area contributed by atoms with Crippen LogP contribution in [-0.4, -0.2) is 10.9 Å². The summed E-state index contributed by atoms with van der Waals surface area (Å²) < 4.78 is 27.2. The highest BCUT2D eigenvalue weighted by atomic mass is 79.9. The van der Waals surface area contributed by atoms with Crippen LogP contribution >= 0.6 is 27.3 Å². The van der Waals surface area contributed by atoms with Gasteiger partial charge < -0.3 is 5.32 Å². The van der Waals surface area contributed by atoms with Gasteiger partial charge in [0.05, 0.1) is 12.1 Å². The molecule has 2 aromatic rings. The highest BCUT2D eigenvalue weighted by Gasteiger charge is 2.18. The zero-order valence-electron chi connectivity index (χ0n) is 8.91. The highest BCUT2D eigenvalue weighted by molar-refractivity contribution is 9.10. The van der Waals surface area contributed by atoms with Crippen LogP contribution in [0.5, 0.6) is 0 Å². The van der Waals surface area contributed by atoms with Crippen molar-refractivity contribution in [1.82, 2.24) is 10.3 Å². The lowest BCUT2D eigenvalue weighted by atomic mass is 10.2. The second kappa shape index (κ2) is 5.53. The van der Waals surface area contributed by atoms with E-state index in [0.717, 1.165) is 17.0 Å². The summed E-state index contributed by atoms with van der Waals surface area (Å²) in [6.45, 7) is 0.193. The van der Waals surface area contributed by atoms with Gasteiger partial charge in [0.2, 0.25) is 0 Å². The number of carbonyl (C=O) groups excluding carboxylic acids is 1. The second-order valence-electron chi connectivity index (χ2n) is 3.39. The lowest BCUT2D eigenvalue weighted by Gasteiger charge is -2.06. The van der Waals surface area contributed by atoms with Crippen LogP contribution in [0.2, 0.25) is 0 Å². The van der Waals surface area contributed by atoms with Crippen molar-refractivity contribution >= 4 is 33.2 Å². The van der Waals surface area contributed by atoms with Crippen LogP contribution in [-0.2, 0) is 6.54 Å². The first-order valence-corrected chi connectivity index (χ1v) is 6.55. The smallest absolute Gasteiger partial charge is 0.257 e. The molecule has 2 rings (SSSR count). The van der Waals surface area contributed by atoms with Gasteiger partial charge in [-0.3, -0.25) is 9.78 Å². The predicted molar refractivity (Wildman–Crippen MR) is 67.3 cm³/mol. The molecule has 0 fully saturated rings. The van der Waals surface area contributed by atoms with E-state index in [1.54, 1.807) is 11.7 Å². The van der Waals surface area contributed by atoms with Crippen molar-refractivity contribution in [2.45, 2.75) is 6.54 Å². The van der Waals surface area contributed by atoms with Gasteiger partial charge in [-0.15, -0.1) is 11.3 Å². The first kappa shape index (κ1) is 13.1. The minimum Gasteiger partial charge on any atom is -0.347 e. The summed E-state index contributed by atoms with van der Waals surface area (Å²) in [5.41, 5.74) is 1.03. The third-order valence-corrected chi connectivity index (χ3v) is 3.38. The van der Waals surface area contributed by atoms with Crippen molar-refractivity contribution in [2.24, 2.45) is 0 Å². The van der Waals surface area contributed by atoms with E-state index >= 15 is 0 Å². The fourth-order valence-corrected chi connectivity index (χ4v) is 2.28. The van der Waals surface area contributed by atoms with Crippen LogP contribution in [0.4, 0.5) is 8.78 Å². The zero-order valence-corrected chi connectivity index (χ0v) is 11.3. The Morgan fingerprint density at radius 2 is 2.06 bits per heavy atom.